The van der Waals surface area contributed by atoms with E-state index in [2.05, 4.69) is 25.2 Å². The van der Waals surface area contributed by atoms with Gasteiger partial charge in [0.05, 0.1) is 6.07 Å². The molecule has 1 heterocycles. The lowest BCUT2D eigenvalue weighted by molar-refractivity contribution is 0.397. The minimum absolute atomic E-state index is 0.261. The van der Waals surface area contributed by atoms with Crippen molar-refractivity contribution < 1.29 is 0 Å². The molecule has 0 aromatic heterocycles. The van der Waals surface area contributed by atoms with Crippen molar-refractivity contribution in [3.63, 3.8) is 0 Å². The van der Waals surface area contributed by atoms with Crippen LogP contribution in [0.25, 0.3) is 0 Å². The molecule has 0 aromatic carbocycles. The molecule has 0 aromatic rings. The molecule has 11 heavy (non-hydrogen) atoms. The topological polar surface area (TPSA) is 35.8 Å². The molecule has 1 fully saturated rings. The second-order valence-electron chi connectivity index (χ2n) is 2.88. The van der Waals surface area contributed by atoms with Gasteiger partial charge in [-0.3, -0.25) is 5.32 Å². The molecule has 3 heteroatoms. The van der Waals surface area contributed by atoms with Gasteiger partial charge in [0.1, 0.15) is 5.54 Å². The second-order valence-corrected chi connectivity index (χ2v) is 4.33. The zero-order valence-corrected chi connectivity index (χ0v) is 7.87. The normalized spacial score (nSPS) is 38.1. The summed E-state index contributed by atoms with van der Waals surface area (Å²) in [6, 6.07) is 2.38. The number of nitriles is 1. The molecule has 0 spiro atoms. The van der Waals surface area contributed by atoms with E-state index in [-0.39, 0.29) is 5.54 Å². The summed E-state index contributed by atoms with van der Waals surface area (Å²) < 4.78 is 0. The first-order valence-corrected chi connectivity index (χ1v) is 5.08. The van der Waals surface area contributed by atoms with Gasteiger partial charge >= 0.3 is 0 Å². The molecule has 1 N–H and O–H groups in total. The summed E-state index contributed by atoms with van der Waals surface area (Å²) in [5.74, 6) is 1.13. The van der Waals surface area contributed by atoms with E-state index >= 15 is 0 Å². The molecule has 0 radical (unpaired) electrons. The predicted molar refractivity (Wildman–Crippen MR) is 48.6 cm³/mol. The molecule has 1 aliphatic heterocycles. The molecule has 0 aliphatic carbocycles. The summed E-state index contributed by atoms with van der Waals surface area (Å²) in [7, 11) is 0. The summed E-state index contributed by atoms with van der Waals surface area (Å²) in [5, 5.41) is 12.7. The van der Waals surface area contributed by atoms with Gasteiger partial charge in [0.15, 0.2) is 0 Å². The zero-order chi connectivity index (χ0) is 8.32. The number of nitrogens with one attached hydrogen (secondary N) is 1. The summed E-state index contributed by atoms with van der Waals surface area (Å²) in [5.41, 5.74) is -0.261. The SMILES string of the molecule is CCC1(C#N)NCCSC1C. The highest BCUT2D eigenvalue weighted by Crippen LogP contribution is 2.28. The van der Waals surface area contributed by atoms with E-state index in [4.69, 9.17) is 5.26 Å². The first-order valence-electron chi connectivity index (χ1n) is 4.03. The minimum atomic E-state index is -0.261. The van der Waals surface area contributed by atoms with Crippen molar-refractivity contribution in [3.8, 4) is 6.07 Å². The predicted octanol–water partition coefficient (Wildman–Crippen LogP) is 1.38. The van der Waals surface area contributed by atoms with Crippen molar-refractivity contribution in [3.05, 3.63) is 0 Å². The maximum absolute atomic E-state index is 8.99. The largest absolute Gasteiger partial charge is 0.298 e. The van der Waals surface area contributed by atoms with Crippen LogP contribution in [0.15, 0.2) is 0 Å². The third-order valence-electron chi connectivity index (χ3n) is 2.36. The Morgan fingerprint density at radius 2 is 2.55 bits per heavy atom. The van der Waals surface area contributed by atoms with Gasteiger partial charge in [0.25, 0.3) is 0 Å². The van der Waals surface area contributed by atoms with Crippen molar-refractivity contribution in [1.82, 2.24) is 5.32 Å². The molecular weight excluding hydrogens is 156 g/mol. The standard InChI is InChI=1S/C8H14N2S/c1-3-8(6-9)7(2)11-5-4-10-8/h7,10H,3-5H2,1-2H3. The first kappa shape index (κ1) is 8.89. The van der Waals surface area contributed by atoms with Crippen molar-refractivity contribution in [2.24, 2.45) is 0 Å². The molecule has 62 valence electrons. The van der Waals surface area contributed by atoms with E-state index in [1.807, 2.05) is 11.8 Å². The number of thioether (sulfide) groups is 1. The van der Waals surface area contributed by atoms with Gasteiger partial charge in [0.2, 0.25) is 0 Å². The van der Waals surface area contributed by atoms with Crippen LogP contribution in [0, 0.1) is 11.3 Å². The molecule has 0 saturated carbocycles. The molecule has 2 nitrogen and oxygen atoms in total. The fourth-order valence-electron chi connectivity index (χ4n) is 1.42. The average Bonchev–Trinajstić information content (AvgIpc) is 2.06. The van der Waals surface area contributed by atoms with Crippen LogP contribution in [0.5, 0.6) is 0 Å². The molecule has 0 bridgehead atoms. The van der Waals surface area contributed by atoms with Crippen LogP contribution in [-0.4, -0.2) is 23.1 Å². The highest BCUT2D eigenvalue weighted by atomic mass is 32.2. The van der Waals surface area contributed by atoms with Gasteiger partial charge in [-0.2, -0.15) is 17.0 Å². The Balaban J connectivity index is 2.71. The van der Waals surface area contributed by atoms with E-state index < -0.39 is 0 Å². The van der Waals surface area contributed by atoms with Gasteiger partial charge in [0, 0.05) is 17.5 Å². The first-order chi connectivity index (χ1) is 5.25. The lowest BCUT2D eigenvalue weighted by Gasteiger charge is -2.36. The smallest absolute Gasteiger partial charge is 0.118 e. The van der Waals surface area contributed by atoms with Crippen LogP contribution in [0.3, 0.4) is 0 Å². The number of nitrogens with zero attached hydrogens (tertiary/aromatic N) is 1. The van der Waals surface area contributed by atoms with Crippen LogP contribution in [-0.2, 0) is 0 Å². The van der Waals surface area contributed by atoms with Crippen LogP contribution < -0.4 is 5.32 Å². The van der Waals surface area contributed by atoms with Crippen LogP contribution in [0.1, 0.15) is 20.3 Å². The Bertz CT molecular complexity index is 175. The molecule has 1 saturated heterocycles. The summed E-state index contributed by atoms with van der Waals surface area (Å²) in [6.07, 6.45) is 0.900. The average molecular weight is 170 g/mol. The number of hydrogen-bond donors (Lipinski definition) is 1. The molecule has 0 amide bonds. The van der Waals surface area contributed by atoms with Gasteiger partial charge < -0.3 is 0 Å². The molecule has 2 atom stereocenters. The number of rotatable bonds is 1. The highest BCUT2D eigenvalue weighted by molar-refractivity contribution is 8.00. The van der Waals surface area contributed by atoms with Crippen LogP contribution >= 0.6 is 11.8 Å². The fraction of sp³-hybridized carbons (Fsp3) is 0.875. The van der Waals surface area contributed by atoms with Gasteiger partial charge in [-0.25, -0.2) is 0 Å². The lowest BCUT2D eigenvalue weighted by Crippen LogP contribution is -2.54. The van der Waals surface area contributed by atoms with E-state index in [1.54, 1.807) is 0 Å². The van der Waals surface area contributed by atoms with Crippen molar-refractivity contribution >= 4 is 11.8 Å². The molecule has 2 unspecified atom stereocenters. The Morgan fingerprint density at radius 3 is 2.91 bits per heavy atom. The molecule has 1 aliphatic rings. The minimum Gasteiger partial charge on any atom is -0.298 e. The Kier molecular flexibility index (Phi) is 2.80. The lowest BCUT2D eigenvalue weighted by atomic mass is 9.94. The summed E-state index contributed by atoms with van der Waals surface area (Å²) >= 11 is 1.89. The summed E-state index contributed by atoms with van der Waals surface area (Å²) in [4.78, 5) is 0. The van der Waals surface area contributed by atoms with E-state index in [9.17, 15) is 0 Å². The van der Waals surface area contributed by atoms with E-state index in [0.717, 1.165) is 18.7 Å². The highest BCUT2D eigenvalue weighted by Gasteiger charge is 2.36. The van der Waals surface area contributed by atoms with Gasteiger partial charge in [-0.15, -0.1) is 0 Å². The Labute approximate surface area is 72.4 Å². The maximum Gasteiger partial charge on any atom is 0.118 e. The number of hydrogen-bond acceptors (Lipinski definition) is 3. The summed E-state index contributed by atoms with van der Waals surface area (Å²) in [6.45, 7) is 5.17. The van der Waals surface area contributed by atoms with Crippen molar-refractivity contribution in [1.29, 1.82) is 5.26 Å². The monoisotopic (exact) mass is 170 g/mol. The Morgan fingerprint density at radius 1 is 1.82 bits per heavy atom. The third kappa shape index (κ3) is 1.52. The quantitative estimate of drug-likeness (QED) is 0.646. The van der Waals surface area contributed by atoms with Crippen molar-refractivity contribution in [2.75, 3.05) is 12.3 Å². The van der Waals surface area contributed by atoms with E-state index in [0.29, 0.717) is 5.25 Å². The van der Waals surface area contributed by atoms with Gasteiger partial charge in [-0.05, 0) is 6.42 Å². The van der Waals surface area contributed by atoms with Crippen LogP contribution in [0.4, 0.5) is 0 Å². The van der Waals surface area contributed by atoms with Crippen LogP contribution in [0.2, 0.25) is 0 Å². The third-order valence-corrected chi connectivity index (χ3v) is 3.70. The van der Waals surface area contributed by atoms with Gasteiger partial charge in [-0.1, -0.05) is 13.8 Å². The van der Waals surface area contributed by atoms with Crippen molar-refractivity contribution in [2.45, 2.75) is 31.1 Å². The molecular formula is C8H14N2S. The molecule has 1 rings (SSSR count). The Hall–Kier alpha value is -0.200. The maximum atomic E-state index is 8.99. The fourth-order valence-corrected chi connectivity index (χ4v) is 2.58. The second kappa shape index (κ2) is 3.46. The van der Waals surface area contributed by atoms with E-state index in [1.165, 1.54) is 0 Å². The zero-order valence-electron chi connectivity index (χ0n) is 7.05.